The van der Waals surface area contributed by atoms with Crippen molar-refractivity contribution in [3.63, 3.8) is 0 Å². The third kappa shape index (κ3) is 3.08. The Morgan fingerprint density at radius 1 is 1.50 bits per heavy atom. The van der Waals surface area contributed by atoms with Crippen LogP contribution in [0.2, 0.25) is 0 Å². The first-order chi connectivity index (χ1) is 7.79. The smallest absolute Gasteiger partial charge is 0.225 e. The number of nitrogens with one attached hydrogen (secondary N) is 1. The molecule has 1 aliphatic rings. The van der Waals surface area contributed by atoms with Gasteiger partial charge in [-0.25, -0.2) is 4.98 Å². The Labute approximate surface area is 96.4 Å². The Balaban J connectivity index is 1.96. The quantitative estimate of drug-likeness (QED) is 0.801. The third-order valence-electron chi connectivity index (χ3n) is 2.61. The van der Waals surface area contributed by atoms with E-state index in [1.54, 1.807) is 0 Å². The Bertz CT molecular complexity index is 350. The van der Waals surface area contributed by atoms with E-state index in [2.05, 4.69) is 22.2 Å². The average molecular weight is 221 g/mol. The molecule has 2 rings (SSSR count). The number of nitrogens with zero attached hydrogens (tertiary/aromatic N) is 2. The molecule has 0 bridgehead atoms. The van der Waals surface area contributed by atoms with Crippen LogP contribution in [-0.2, 0) is 0 Å². The van der Waals surface area contributed by atoms with Crippen LogP contribution < -0.4 is 10.1 Å². The van der Waals surface area contributed by atoms with Crippen LogP contribution in [0.4, 0.5) is 5.95 Å². The highest BCUT2D eigenvalue weighted by molar-refractivity contribution is 5.32. The van der Waals surface area contributed by atoms with E-state index in [0.717, 1.165) is 36.9 Å². The van der Waals surface area contributed by atoms with Crippen molar-refractivity contribution in [3.8, 4) is 5.88 Å². The van der Waals surface area contributed by atoms with E-state index in [-0.39, 0.29) is 0 Å². The molecule has 16 heavy (non-hydrogen) atoms. The van der Waals surface area contributed by atoms with E-state index >= 15 is 0 Å². The van der Waals surface area contributed by atoms with Crippen LogP contribution in [0.1, 0.15) is 31.7 Å². The first-order valence-electron chi connectivity index (χ1n) is 6.00. The molecule has 0 spiro atoms. The second-order valence-corrected chi connectivity index (χ2v) is 4.36. The molecule has 0 atom stereocenters. The fourth-order valence-electron chi connectivity index (χ4n) is 1.38. The van der Waals surface area contributed by atoms with Crippen LogP contribution in [0, 0.1) is 12.8 Å². The molecule has 0 radical (unpaired) electrons. The molecule has 0 amide bonds. The third-order valence-corrected chi connectivity index (χ3v) is 2.61. The van der Waals surface area contributed by atoms with Crippen molar-refractivity contribution in [1.29, 1.82) is 0 Å². The van der Waals surface area contributed by atoms with Gasteiger partial charge in [-0.05, 0) is 32.1 Å². The fraction of sp³-hybridized carbons (Fsp3) is 0.667. The maximum atomic E-state index is 5.69. The van der Waals surface area contributed by atoms with Crippen molar-refractivity contribution in [2.24, 2.45) is 5.92 Å². The van der Waals surface area contributed by atoms with Gasteiger partial charge in [0.2, 0.25) is 11.8 Å². The largest absolute Gasteiger partial charge is 0.477 e. The predicted octanol–water partition coefficient (Wildman–Crippen LogP) is 2.40. The minimum atomic E-state index is 0.665. The van der Waals surface area contributed by atoms with Gasteiger partial charge in [-0.3, -0.25) is 0 Å². The number of aromatic nitrogens is 2. The summed E-state index contributed by atoms with van der Waals surface area (Å²) in [7, 11) is 0. The van der Waals surface area contributed by atoms with Gasteiger partial charge in [0.15, 0.2) is 0 Å². The summed E-state index contributed by atoms with van der Waals surface area (Å²) in [5.41, 5.74) is 1.00. The van der Waals surface area contributed by atoms with E-state index in [1.807, 2.05) is 13.1 Å². The Kier molecular flexibility index (Phi) is 3.59. The van der Waals surface area contributed by atoms with Crippen molar-refractivity contribution >= 4 is 5.95 Å². The highest BCUT2D eigenvalue weighted by Crippen LogP contribution is 2.29. The molecule has 0 unspecified atom stereocenters. The molecule has 0 aromatic carbocycles. The lowest BCUT2D eigenvalue weighted by Crippen LogP contribution is -2.08. The number of hydrogen-bond acceptors (Lipinski definition) is 4. The maximum Gasteiger partial charge on any atom is 0.225 e. The first kappa shape index (κ1) is 11.2. The number of rotatable bonds is 6. The first-order valence-corrected chi connectivity index (χ1v) is 6.00. The lowest BCUT2D eigenvalue weighted by Gasteiger charge is -2.09. The zero-order valence-corrected chi connectivity index (χ0v) is 9.99. The summed E-state index contributed by atoms with van der Waals surface area (Å²) in [5.74, 6) is 2.14. The highest BCUT2D eigenvalue weighted by atomic mass is 16.5. The van der Waals surface area contributed by atoms with Crippen molar-refractivity contribution in [3.05, 3.63) is 11.8 Å². The molecule has 1 saturated carbocycles. The second-order valence-electron chi connectivity index (χ2n) is 4.36. The molecule has 1 fully saturated rings. The summed E-state index contributed by atoms with van der Waals surface area (Å²) in [6.45, 7) is 5.79. The van der Waals surface area contributed by atoms with Gasteiger partial charge < -0.3 is 10.1 Å². The van der Waals surface area contributed by atoms with Crippen molar-refractivity contribution < 1.29 is 4.74 Å². The van der Waals surface area contributed by atoms with E-state index in [1.165, 1.54) is 12.8 Å². The molecule has 4 nitrogen and oxygen atoms in total. The van der Waals surface area contributed by atoms with Crippen LogP contribution in [-0.4, -0.2) is 23.1 Å². The summed E-state index contributed by atoms with van der Waals surface area (Å²) >= 11 is 0. The molecule has 1 aliphatic carbocycles. The van der Waals surface area contributed by atoms with Crippen LogP contribution in [0.15, 0.2) is 6.20 Å². The predicted molar refractivity (Wildman–Crippen MR) is 63.8 cm³/mol. The normalized spacial score (nSPS) is 14.9. The molecule has 1 N–H and O–H groups in total. The average Bonchev–Trinajstić information content (AvgIpc) is 3.10. The van der Waals surface area contributed by atoms with Crippen LogP contribution in [0.5, 0.6) is 5.88 Å². The topological polar surface area (TPSA) is 47.0 Å². The molecule has 1 aromatic heterocycles. The minimum absolute atomic E-state index is 0.665. The van der Waals surface area contributed by atoms with Gasteiger partial charge in [0.05, 0.1) is 6.61 Å². The summed E-state index contributed by atoms with van der Waals surface area (Å²) in [5, 5.41) is 3.16. The van der Waals surface area contributed by atoms with Crippen molar-refractivity contribution in [1.82, 2.24) is 9.97 Å². The number of ether oxygens (including phenoxy) is 1. The molecule has 0 saturated heterocycles. The SMILES string of the molecule is CCCNc1ncc(C)c(OCC2CC2)n1. The van der Waals surface area contributed by atoms with Crippen molar-refractivity contribution in [2.45, 2.75) is 33.1 Å². The number of aryl methyl sites for hydroxylation is 1. The molecule has 88 valence electrons. The zero-order chi connectivity index (χ0) is 11.4. The molecular weight excluding hydrogens is 202 g/mol. The molecule has 1 aromatic rings. The molecule has 1 heterocycles. The van der Waals surface area contributed by atoms with Crippen LogP contribution >= 0.6 is 0 Å². The van der Waals surface area contributed by atoms with Gasteiger partial charge in [0, 0.05) is 18.3 Å². The Morgan fingerprint density at radius 3 is 3.00 bits per heavy atom. The summed E-state index contributed by atoms with van der Waals surface area (Å²) < 4.78 is 5.69. The summed E-state index contributed by atoms with van der Waals surface area (Å²) in [4.78, 5) is 8.58. The standard InChI is InChI=1S/C12H19N3O/c1-3-6-13-12-14-7-9(2)11(15-12)16-8-10-4-5-10/h7,10H,3-6,8H2,1-2H3,(H,13,14,15). The summed E-state index contributed by atoms with van der Waals surface area (Å²) in [6, 6.07) is 0. The lowest BCUT2D eigenvalue weighted by molar-refractivity contribution is 0.286. The lowest BCUT2D eigenvalue weighted by atomic mass is 10.4. The van der Waals surface area contributed by atoms with Gasteiger partial charge in [-0.2, -0.15) is 4.98 Å². The minimum Gasteiger partial charge on any atom is -0.477 e. The molecular formula is C12H19N3O. The van der Waals surface area contributed by atoms with E-state index < -0.39 is 0 Å². The van der Waals surface area contributed by atoms with E-state index in [4.69, 9.17) is 4.74 Å². The second kappa shape index (κ2) is 5.14. The van der Waals surface area contributed by atoms with Gasteiger partial charge in [-0.15, -0.1) is 0 Å². The fourth-order valence-corrected chi connectivity index (χ4v) is 1.38. The maximum absolute atomic E-state index is 5.69. The van der Waals surface area contributed by atoms with Gasteiger partial charge >= 0.3 is 0 Å². The summed E-state index contributed by atoms with van der Waals surface area (Å²) in [6.07, 6.45) is 5.47. The number of anilines is 1. The monoisotopic (exact) mass is 221 g/mol. The van der Waals surface area contributed by atoms with E-state index in [0.29, 0.717) is 5.95 Å². The van der Waals surface area contributed by atoms with Gasteiger partial charge in [-0.1, -0.05) is 6.92 Å². The molecule has 0 aliphatic heterocycles. The zero-order valence-electron chi connectivity index (χ0n) is 9.99. The van der Waals surface area contributed by atoms with Gasteiger partial charge in [0.25, 0.3) is 0 Å². The van der Waals surface area contributed by atoms with E-state index in [9.17, 15) is 0 Å². The number of hydrogen-bond donors (Lipinski definition) is 1. The van der Waals surface area contributed by atoms with Crippen molar-refractivity contribution in [2.75, 3.05) is 18.5 Å². The highest BCUT2D eigenvalue weighted by Gasteiger charge is 2.22. The molecule has 4 heteroatoms. The Hall–Kier alpha value is -1.32. The van der Waals surface area contributed by atoms with Crippen LogP contribution in [0.3, 0.4) is 0 Å². The van der Waals surface area contributed by atoms with Crippen LogP contribution in [0.25, 0.3) is 0 Å². The van der Waals surface area contributed by atoms with Gasteiger partial charge in [0.1, 0.15) is 0 Å². The Morgan fingerprint density at radius 2 is 2.31 bits per heavy atom.